The molecule has 0 heterocycles. The van der Waals surface area contributed by atoms with Gasteiger partial charge in [-0.2, -0.15) is 0 Å². The first-order valence-electron chi connectivity index (χ1n) is 11.1. The fraction of sp³-hybridized carbons (Fsp3) is 0.625. The van der Waals surface area contributed by atoms with E-state index >= 15 is 0 Å². The molecular weight excluding hydrogens is 398 g/mol. The molecule has 0 bridgehead atoms. The van der Waals surface area contributed by atoms with Gasteiger partial charge in [-0.05, 0) is 57.6 Å². The van der Waals surface area contributed by atoms with Crippen LogP contribution in [-0.2, 0) is 27.3 Å². The number of ether oxygens (including phenoxy) is 1. The van der Waals surface area contributed by atoms with Gasteiger partial charge in [-0.3, -0.25) is 9.59 Å². The van der Waals surface area contributed by atoms with E-state index in [1.165, 1.54) is 0 Å². The summed E-state index contributed by atoms with van der Waals surface area (Å²) in [5.74, 6) is -1.55. The molecule has 0 aliphatic heterocycles. The van der Waals surface area contributed by atoms with E-state index in [0.29, 0.717) is 32.4 Å². The Morgan fingerprint density at radius 1 is 0.806 bits per heavy atom. The third-order valence-electron chi connectivity index (χ3n) is 4.72. The van der Waals surface area contributed by atoms with E-state index in [9.17, 15) is 14.4 Å². The number of hydrogen-bond donors (Lipinski definition) is 2. The number of carbonyl (C=O) groups is 3. The minimum atomic E-state index is -0.786. The van der Waals surface area contributed by atoms with Gasteiger partial charge in [-0.1, -0.05) is 43.5 Å². The highest BCUT2D eigenvalue weighted by atomic mass is 16.6. The number of nitrogens with zero attached hydrogens (tertiary/aromatic N) is 1. The Morgan fingerprint density at radius 2 is 1.32 bits per heavy atom. The molecule has 0 saturated heterocycles. The number of benzene rings is 1. The minimum absolute atomic E-state index is 0.157. The van der Waals surface area contributed by atoms with Gasteiger partial charge in [0, 0.05) is 25.9 Å². The van der Waals surface area contributed by atoms with Crippen molar-refractivity contribution in [2.24, 2.45) is 0 Å². The first-order chi connectivity index (χ1) is 14.6. The molecule has 0 unspecified atom stereocenters. The van der Waals surface area contributed by atoms with Gasteiger partial charge in [0.25, 0.3) is 0 Å². The lowest BCUT2D eigenvalue weighted by Gasteiger charge is -2.27. The van der Waals surface area contributed by atoms with E-state index in [-0.39, 0.29) is 18.9 Å². The Morgan fingerprint density at radius 3 is 1.90 bits per heavy atom. The Bertz CT molecular complexity index is 693. The van der Waals surface area contributed by atoms with Crippen LogP contribution < -0.4 is 0 Å². The summed E-state index contributed by atoms with van der Waals surface area (Å²) in [4.78, 5) is 35.6. The number of amides is 1. The molecule has 1 aromatic rings. The molecule has 0 spiro atoms. The van der Waals surface area contributed by atoms with Crippen LogP contribution in [-0.4, -0.2) is 45.3 Å². The maximum Gasteiger partial charge on any atom is 0.410 e. The van der Waals surface area contributed by atoms with Gasteiger partial charge >= 0.3 is 18.0 Å². The van der Waals surface area contributed by atoms with Crippen LogP contribution in [0.15, 0.2) is 24.3 Å². The largest absolute Gasteiger partial charge is 0.481 e. The van der Waals surface area contributed by atoms with E-state index in [1.54, 1.807) is 4.90 Å². The summed E-state index contributed by atoms with van der Waals surface area (Å²) in [5.41, 5.74) is 1.50. The van der Waals surface area contributed by atoms with Crippen LogP contribution in [0.5, 0.6) is 0 Å². The first kappa shape index (κ1) is 26.5. The lowest BCUT2D eigenvalue weighted by Crippen LogP contribution is -2.37. The lowest BCUT2D eigenvalue weighted by atomic mass is 10.1. The van der Waals surface area contributed by atoms with Crippen molar-refractivity contribution in [2.75, 3.05) is 6.54 Å². The number of carboxylic acids is 2. The number of unbranched alkanes of at least 4 members (excludes halogenated alkanes) is 4. The van der Waals surface area contributed by atoms with Crippen molar-refractivity contribution in [2.45, 2.75) is 90.7 Å². The SMILES string of the molecule is CC(C)(C)OC(=O)N(CCCCCCCC(=O)O)Cc1ccc(CCCC(=O)O)cc1. The predicted octanol–water partition coefficient (Wildman–Crippen LogP) is 5.26. The van der Waals surface area contributed by atoms with Gasteiger partial charge in [-0.25, -0.2) is 4.79 Å². The van der Waals surface area contributed by atoms with E-state index in [4.69, 9.17) is 14.9 Å². The van der Waals surface area contributed by atoms with Crippen molar-refractivity contribution < 1.29 is 29.3 Å². The van der Waals surface area contributed by atoms with E-state index < -0.39 is 17.5 Å². The molecule has 0 aliphatic carbocycles. The fourth-order valence-electron chi connectivity index (χ4n) is 3.15. The quantitative estimate of drug-likeness (QED) is 0.387. The Labute approximate surface area is 185 Å². The minimum Gasteiger partial charge on any atom is -0.481 e. The second-order valence-electron chi connectivity index (χ2n) is 8.88. The second kappa shape index (κ2) is 13.7. The number of rotatable bonds is 14. The number of aryl methyl sites for hydroxylation is 1. The van der Waals surface area contributed by atoms with Crippen molar-refractivity contribution in [1.82, 2.24) is 4.90 Å². The Hall–Kier alpha value is -2.57. The van der Waals surface area contributed by atoms with Crippen LogP contribution in [0.1, 0.15) is 83.3 Å². The first-order valence-corrected chi connectivity index (χ1v) is 11.1. The zero-order valence-electron chi connectivity index (χ0n) is 19.1. The third-order valence-corrected chi connectivity index (χ3v) is 4.72. The lowest BCUT2D eigenvalue weighted by molar-refractivity contribution is -0.138. The van der Waals surface area contributed by atoms with Crippen molar-refractivity contribution in [3.8, 4) is 0 Å². The van der Waals surface area contributed by atoms with Gasteiger partial charge in [0.2, 0.25) is 0 Å². The normalized spacial score (nSPS) is 11.2. The summed E-state index contributed by atoms with van der Waals surface area (Å²) in [6.45, 7) is 6.56. The highest BCUT2D eigenvalue weighted by Gasteiger charge is 2.22. The molecule has 1 amide bonds. The average molecular weight is 436 g/mol. The summed E-state index contributed by atoms with van der Waals surface area (Å²) in [6.07, 6.45) is 5.60. The molecule has 1 aromatic carbocycles. The maximum absolute atomic E-state index is 12.7. The Kier molecular flexibility index (Phi) is 11.7. The molecule has 31 heavy (non-hydrogen) atoms. The maximum atomic E-state index is 12.7. The molecule has 0 fully saturated rings. The predicted molar refractivity (Wildman–Crippen MR) is 119 cm³/mol. The van der Waals surface area contributed by atoms with Crippen LogP contribution in [0.3, 0.4) is 0 Å². The van der Waals surface area contributed by atoms with Gasteiger partial charge in [0.15, 0.2) is 0 Å². The second-order valence-corrected chi connectivity index (χ2v) is 8.88. The summed E-state index contributed by atoms with van der Waals surface area (Å²) in [6, 6.07) is 7.90. The summed E-state index contributed by atoms with van der Waals surface area (Å²) in [5, 5.41) is 17.4. The van der Waals surface area contributed by atoms with Crippen molar-refractivity contribution >= 4 is 18.0 Å². The van der Waals surface area contributed by atoms with Gasteiger partial charge < -0.3 is 19.8 Å². The van der Waals surface area contributed by atoms with Crippen molar-refractivity contribution in [1.29, 1.82) is 0 Å². The summed E-state index contributed by atoms with van der Waals surface area (Å²) < 4.78 is 5.56. The van der Waals surface area contributed by atoms with Crippen LogP contribution in [0.4, 0.5) is 4.79 Å². The molecular formula is C24H37NO6. The summed E-state index contributed by atoms with van der Waals surface area (Å²) in [7, 11) is 0. The monoisotopic (exact) mass is 435 g/mol. The highest BCUT2D eigenvalue weighted by Crippen LogP contribution is 2.16. The molecule has 0 aromatic heterocycles. The van der Waals surface area contributed by atoms with Crippen molar-refractivity contribution in [3.05, 3.63) is 35.4 Å². The van der Waals surface area contributed by atoms with Crippen LogP contribution >= 0.6 is 0 Å². The molecule has 2 N–H and O–H groups in total. The molecule has 0 radical (unpaired) electrons. The Balaban J connectivity index is 2.58. The molecule has 7 heteroatoms. The van der Waals surface area contributed by atoms with Crippen LogP contribution in [0.2, 0.25) is 0 Å². The van der Waals surface area contributed by atoms with Gasteiger partial charge in [0.05, 0.1) is 0 Å². The standard InChI is InChI=1S/C24H37NO6/c1-24(2,3)31-23(30)25(17-8-6-4-5-7-11-21(26)27)18-20-15-13-19(14-16-20)10-9-12-22(28)29/h13-16H,4-12,17-18H2,1-3H3,(H,26,27)(H,28,29). The van der Waals surface area contributed by atoms with Gasteiger partial charge in [0.1, 0.15) is 5.60 Å². The zero-order valence-corrected chi connectivity index (χ0v) is 19.1. The molecule has 174 valence electrons. The molecule has 0 atom stereocenters. The molecule has 0 saturated carbocycles. The van der Waals surface area contributed by atoms with Crippen LogP contribution in [0.25, 0.3) is 0 Å². The number of hydrogen-bond acceptors (Lipinski definition) is 4. The molecule has 0 aliphatic rings. The molecule has 7 nitrogen and oxygen atoms in total. The van der Waals surface area contributed by atoms with E-state index in [2.05, 4.69) is 0 Å². The third kappa shape index (κ3) is 13.4. The average Bonchev–Trinajstić information content (AvgIpc) is 2.65. The topological polar surface area (TPSA) is 104 Å². The van der Waals surface area contributed by atoms with E-state index in [0.717, 1.165) is 36.8 Å². The fourth-order valence-corrected chi connectivity index (χ4v) is 3.15. The highest BCUT2D eigenvalue weighted by molar-refractivity contribution is 5.68. The zero-order chi connectivity index (χ0) is 23.3. The smallest absolute Gasteiger partial charge is 0.410 e. The molecule has 1 rings (SSSR count). The van der Waals surface area contributed by atoms with Gasteiger partial charge in [-0.15, -0.1) is 0 Å². The number of carbonyl (C=O) groups excluding carboxylic acids is 1. The number of aliphatic carboxylic acids is 2. The number of carboxylic acid groups (broad SMARTS) is 2. The van der Waals surface area contributed by atoms with E-state index in [1.807, 2.05) is 45.0 Å². The van der Waals surface area contributed by atoms with Crippen molar-refractivity contribution in [3.63, 3.8) is 0 Å². The van der Waals surface area contributed by atoms with Crippen LogP contribution in [0, 0.1) is 0 Å². The summed E-state index contributed by atoms with van der Waals surface area (Å²) >= 11 is 0.